The molecule has 24 heavy (non-hydrogen) atoms. The van der Waals surface area contributed by atoms with Gasteiger partial charge in [-0.3, -0.25) is 4.79 Å². The van der Waals surface area contributed by atoms with Gasteiger partial charge >= 0.3 is 0 Å². The van der Waals surface area contributed by atoms with Crippen molar-refractivity contribution >= 4 is 5.78 Å². The summed E-state index contributed by atoms with van der Waals surface area (Å²) < 4.78 is 0. The van der Waals surface area contributed by atoms with Gasteiger partial charge in [0.1, 0.15) is 5.78 Å². The fourth-order valence-electron chi connectivity index (χ4n) is 7.92. The van der Waals surface area contributed by atoms with Gasteiger partial charge in [-0.05, 0) is 86.4 Å². The van der Waals surface area contributed by atoms with E-state index in [0.29, 0.717) is 29.0 Å². The summed E-state index contributed by atoms with van der Waals surface area (Å²) in [6, 6.07) is 0. The average molecular weight is 333 g/mol. The highest BCUT2D eigenvalue weighted by Crippen LogP contribution is 2.67. The zero-order valence-corrected chi connectivity index (χ0v) is 16.1. The van der Waals surface area contributed by atoms with Crippen LogP contribution < -0.4 is 0 Å². The predicted molar refractivity (Wildman–Crippen MR) is 96.5 cm³/mol. The Morgan fingerprint density at radius 2 is 1.88 bits per heavy atom. The molecule has 0 aromatic rings. The molecule has 0 aromatic heterocycles. The van der Waals surface area contributed by atoms with Crippen LogP contribution in [-0.2, 0) is 4.79 Å². The van der Waals surface area contributed by atoms with Crippen LogP contribution >= 0.6 is 0 Å². The summed E-state index contributed by atoms with van der Waals surface area (Å²) >= 11 is 0. The van der Waals surface area contributed by atoms with Crippen LogP contribution in [0.2, 0.25) is 0 Å². The molecular formula is C22H36O2. The van der Waals surface area contributed by atoms with E-state index >= 15 is 0 Å². The third-order valence-electron chi connectivity index (χ3n) is 9.49. The predicted octanol–water partition coefficient (Wildman–Crippen LogP) is 4.99. The van der Waals surface area contributed by atoms with Crippen LogP contribution in [0.15, 0.2) is 0 Å². The quantitative estimate of drug-likeness (QED) is 0.735. The molecule has 0 unspecified atom stereocenters. The van der Waals surface area contributed by atoms with E-state index in [9.17, 15) is 9.90 Å². The Kier molecular flexibility index (Phi) is 3.78. The second-order valence-corrected chi connectivity index (χ2v) is 10.4. The first-order valence-electron chi connectivity index (χ1n) is 10.5. The van der Waals surface area contributed by atoms with Gasteiger partial charge in [0.05, 0.1) is 5.60 Å². The molecule has 0 aromatic carbocycles. The first-order chi connectivity index (χ1) is 11.2. The third-order valence-corrected chi connectivity index (χ3v) is 9.49. The molecule has 4 rings (SSSR count). The van der Waals surface area contributed by atoms with E-state index in [0.717, 1.165) is 43.9 Å². The van der Waals surface area contributed by atoms with E-state index < -0.39 is 5.60 Å². The molecule has 4 saturated carbocycles. The number of hydrogen-bond acceptors (Lipinski definition) is 2. The summed E-state index contributed by atoms with van der Waals surface area (Å²) in [6.45, 7) is 9.30. The lowest BCUT2D eigenvalue weighted by Gasteiger charge is -2.61. The zero-order chi connectivity index (χ0) is 17.3. The van der Waals surface area contributed by atoms with E-state index in [1.807, 2.05) is 0 Å². The number of carbonyl (C=O) groups is 1. The van der Waals surface area contributed by atoms with Crippen molar-refractivity contribution in [2.45, 2.75) is 91.1 Å². The second-order valence-electron chi connectivity index (χ2n) is 10.4. The number of ketones is 1. The Morgan fingerprint density at radius 3 is 2.58 bits per heavy atom. The zero-order valence-electron chi connectivity index (χ0n) is 16.1. The van der Waals surface area contributed by atoms with Gasteiger partial charge in [-0.25, -0.2) is 0 Å². The molecule has 0 aliphatic heterocycles. The molecule has 2 nitrogen and oxygen atoms in total. The van der Waals surface area contributed by atoms with Crippen molar-refractivity contribution < 1.29 is 9.90 Å². The third kappa shape index (κ3) is 2.14. The van der Waals surface area contributed by atoms with E-state index in [1.165, 1.54) is 25.7 Å². The molecule has 0 bridgehead atoms. The van der Waals surface area contributed by atoms with E-state index in [1.54, 1.807) is 0 Å². The minimum absolute atomic E-state index is 0.0252. The van der Waals surface area contributed by atoms with Gasteiger partial charge in [0.2, 0.25) is 0 Å². The molecule has 0 radical (unpaired) electrons. The maximum atomic E-state index is 12.7. The number of Topliss-reactive ketones (excluding diaryl/α,β-unsaturated/α-hetero) is 1. The van der Waals surface area contributed by atoms with Gasteiger partial charge in [0.15, 0.2) is 0 Å². The summed E-state index contributed by atoms with van der Waals surface area (Å²) in [7, 11) is 0. The number of carbonyl (C=O) groups excluding carboxylic acids is 1. The monoisotopic (exact) mass is 332 g/mol. The van der Waals surface area contributed by atoms with Crippen molar-refractivity contribution in [2.24, 2.45) is 40.4 Å². The number of hydrogen-bond donors (Lipinski definition) is 1. The lowest BCUT2D eigenvalue weighted by molar-refractivity contribution is -0.157. The highest BCUT2D eigenvalue weighted by atomic mass is 16.3. The standard InChI is InChI=1S/C22H36O2/c1-5-22(24)11-10-20(3)15(13-22)6-7-16-17(20)8-9-21(4)18(23)12-14(2)19(16)21/h14-17,19,24H,5-13H2,1-4H3/t14-,15+,16-,17+,19+,20+,21-,22+/m1/s1. The fourth-order valence-corrected chi connectivity index (χ4v) is 7.92. The Bertz CT molecular complexity index is 542. The van der Waals surface area contributed by atoms with Crippen molar-refractivity contribution in [3.63, 3.8) is 0 Å². The Balaban J connectivity index is 1.63. The second kappa shape index (κ2) is 5.32. The maximum Gasteiger partial charge on any atom is 0.139 e. The Labute approximate surface area is 147 Å². The molecule has 0 spiro atoms. The van der Waals surface area contributed by atoms with Crippen LogP contribution in [0.1, 0.15) is 85.5 Å². The van der Waals surface area contributed by atoms with Crippen molar-refractivity contribution in [2.75, 3.05) is 0 Å². The van der Waals surface area contributed by atoms with E-state index in [-0.39, 0.29) is 5.41 Å². The summed E-state index contributed by atoms with van der Waals surface area (Å²) in [6.07, 6.45) is 9.83. The number of rotatable bonds is 1. The number of aliphatic hydroxyl groups is 1. The SMILES string of the molecule is CC[C@]1(O)CC[C@@]2(C)[C@@H](CC[C@H]3[C@@H]4[C@H](C)CC(=O)[C@@]4(C)CC[C@@H]32)C1. The largest absolute Gasteiger partial charge is 0.390 e. The van der Waals surface area contributed by atoms with Crippen molar-refractivity contribution in [1.82, 2.24) is 0 Å². The van der Waals surface area contributed by atoms with Gasteiger partial charge in [-0.15, -0.1) is 0 Å². The topological polar surface area (TPSA) is 37.3 Å². The van der Waals surface area contributed by atoms with Crippen LogP contribution in [0.5, 0.6) is 0 Å². The Hall–Kier alpha value is -0.370. The maximum absolute atomic E-state index is 12.7. The molecule has 4 aliphatic rings. The van der Waals surface area contributed by atoms with Gasteiger partial charge in [0.25, 0.3) is 0 Å². The summed E-state index contributed by atoms with van der Waals surface area (Å²) in [5.41, 5.74) is -0.0313. The summed E-state index contributed by atoms with van der Waals surface area (Å²) in [4.78, 5) is 12.7. The average Bonchev–Trinajstić information content (AvgIpc) is 2.78. The van der Waals surface area contributed by atoms with Crippen LogP contribution in [0, 0.1) is 40.4 Å². The van der Waals surface area contributed by atoms with Gasteiger partial charge in [-0.2, -0.15) is 0 Å². The van der Waals surface area contributed by atoms with Crippen LogP contribution in [-0.4, -0.2) is 16.5 Å². The first kappa shape index (κ1) is 17.1. The highest BCUT2D eigenvalue weighted by Gasteiger charge is 2.62. The molecule has 0 amide bonds. The molecular weight excluding hydrogens is 296 g/mol. The lowest BCUT2D eigenvalue weighted by atomic mass is 9.43. The number of fused-ring (bicyclic) bond motifs is 5. The lowest BCUT2D eigenvalue weighted by Crippen LogP contribution is -2.56. The molecule has 0 saturated heterocycles. The normalized spacial score (nSPS) is 57.2. The molecule has 2 heteroatoms. The summed E-state index contributed by atoms with van der Waals surface area (Å²) in [5, 5.41) is 10.9. The smallest absolute Gasteiger partial charge is 0.139 e. The van der Waals surface area contributed by atoms with Gasteiger partial charge in [-0.1, -0.05) is 27.7 Å². The van der Waals surface area contributed by atoms with Crippen LogP contribution in [0.25, 0.3) is 0 Å². The molecule has 4 fully saturated rings. The van der Waals surface area contributed by atoms with Crippen LogP contribution in [0.3, 0.4) is 0 Å². The first-order valence-corrected chi connectivity index (χ1v) is 10.5. The van der Waals surface area contributed by atoms with E-state index in [2.05, 4.69) is 27.7 Å². The fraction of sp³-hybridized carbons (Fsp3) is 0.955. The highest BCUT2D eigenvalue weighted by molar-refractivity contribution is 5.87. The molecule has 4 aliphatic carbocycles. The minimum atomic E-state index is -0.406. The van der Waals surface area contributed by atoms with Crippen molar-refractivity contribution in [3.05, 3.63) is 0 Å². The van der Waals surface area contributed by atoms with Crippen molar-refractivity contribution in [3.8, 4) is 0 Å². The Morgan fingerprint density at radius 1 is 1.12 bits per heavy atom. The molecule has 1 N–H and O–H groups in total. The van der Waals surface area contributed by atoms with Gasteiger partial charge < -0.3 is 5.11 Å². The molecule has 8 atom stereocenters. The summed E-state index contributed by atoms with van der Waals surface area (Å²) in [5.74, 6) is 3.97. The van der Waals surface area contributed by atoms with Crippen LogP contribution in [0.4, 0.5) is 0 Å². The van der Waals surface area contributed by atoms with Gasteiger partial charge in [0, 0.05) is 11.8 Å². The van der Waals surface area contributed by atoms with Crippen molar-refractivity contribution in [1.29, 1.82) is 0 Å². The minimum Gasteiger partial charge on any atom is -0.390 e. The molecule has 136 valence electrons. The molecule has 0 heterocycles. The van der Waals surface area contributed by atoms with E-state index in [4.69, 9.17) is 0 Å².